The first-order valence-electron chi connectivity index (χ1n) is 7.75. The predicted molar refractivity (Wildman–Crippen MR) is 100 cm³/mol. The molecule has 1 aromatic heterocycles. The van der Waals surface area contributed by atoms with Gasteiger partial charge in [0.15, 0.2) is 0 Å². The molecule has 9 heteroatoms. The molecule has 0 saturated carbocycles. The Hall–Kier alpha value is -2.78. The number of hydrogen-bond donors (Lipinski definition) is 1. The fraction of sp³-hybridized carbons (Fsp3) is 0.0556. The molecule has 0 spiro atoms. The van der Waals surface area contributed by atoms with Gasteiger partial charge in [0, 0.05) is 0 Å². The largest absolute Gasteiger partial charge is 0.322 e. The number of benzene rings is 2. The number of hydrogen-bond acceptors (Lipinski definition) is 4. The second-order valence-electron chi connectivity index (χ2n) is 5.42. The molecule has 0 aliphatic heterocycles. The van der Waals surface area contributed by atoms with E-state index in [1.165, 1.54) is 48.5 Å². The van der Waals surface area contributed by atoms with E-state index >= 15 is 0 Å². The van der Waals surface area contributed by atoms with Gasteiger partial charge in [-0.1, -0.05) is 30.3 Å². The van der Waals surface area contributed by atoms with Crippen LogP contribution in [0.15, 0.2) is 70.3 Å². The molecule has 3 aromatic rings. The number of carbonyl (C=O) groups is 1. The maximum Gasteiger partial charge on any atom is 0.274 e. The van der Waals surface area contributed by atoms with Crippen molar-refractivity contribution in [3.05, 3.63) is 77.7 Å². The molecule has 1 amide bonds. The Kier molecular flexibility index (Phi) is 5.52. The highest BCUT2D eigenvalue weighted by Gasteiger charge is 2.30. The van der Waals surface area contributed by atoms with E-state index < -0.39 is 34.1 Å². The summed E-state index contributed by atoms with van der Waals surface area (Å²) in [4.78, 5) is 12.4. The number of carbonyl (C=O) groups excluding carboxylic acids is 1. The van der Waals surface area contributed by atoms with Crippen LogP contribution in [0.25, 0.3) is 0 Å². The Morgan fingerprint density at radius 2 is 1.63 bits per heavy atom. The summed E-state index contributed by atoms with van der Waals surface area (Å²) in [5.74, 6) is -2.26. The lowest BCUT2D eigenvalue weighted by Crippen LogP contribution is -2.38. The van der Waals surface area contributed by atoms with E-state index in [1.807, 2.05) is 0 Å². The van der Waals surface area contributed by atoms with Gasteiger partial charge in [0.2, 0.25) is 5.91 Å². The first-order chi connectivity index (χ1) is 12.9. The van der Waals surface area contributed by atoms with Crippen LogP contribution >= 0.6 is 11.3 Å². The SMILES string of the molecule is O=C(CN(c1ccccc1F)S(=O)(=O)c1cccs1)Nc1ccccc1F. The molecule has 0 radical (unpaired) electrons. The molecule has 27 heavy (non-hydrogen) atoms. The maximum atomic E-state index is 14.3. The van der Waals surface area contributed by atoms with E-state index in [0.717, 1.165) is 23.5 Å². The van der Waals surface area contributed by atoms with Crippen molar-refractivity contribution in [3.63, 3.8) is 0 Å². The fourth-order valence-corrected chi connectivity index (χ4v) is 4.89. The lowest BCUT2D eigenvalue weighted by Gasteiger charge is -2.23. The van der Waals surface area contributed by atoms with E-state index in [2.05, 4.69) is 5.32 Å². The molecule has 0 unspecified atom stereocenters. The van der Waals surface area contributed by atoms with Crippen LogP contribution in [0.1, 0.15) is 0 Å². The summed E-state index contributed by atoms with van der Waals surface area (Å²) in [6, 6.07) is 13.6. The molecule has 0 atom stereocenters. The minimum absolute atomic E-state index is 0.0376. The predicted octanol–water partition coefficient (Wildman–Crippen LogP) is 3.86. The molecule has 2 aromatic carbocycles. The average molecular weight is 408 g/mol. The average Bonchev–Trinajstić information content (AvgIpc) is 3.18. The molecule has 1 heterocycles. The quantitative estimate of drug-likeness (QED) is 0.674. The standard InChI is InChI=1S/C18H14F2N2O3S2/c19-13-6-1-3-8-15(13)21-17(23)12-22(16-9-4-2-7-14(16)20)27(24,25)18-10-5-11-26-18/h1-11H,12H2,(H,21,23). The Morgan fingerprint density at radius 3 is 2.26 bits per heavy atom. The van der Waals surface area contributed by atoms with Crippen molar-refractivity contribution in [3.8, 4) is 0 Å². The summed E-state index contributed by atoms with van der Waals surface area (Å²) in [6.07, 6.45) is 0. The Morgan fingerprint density at radius 1 is 0.963 bits per heavy atom. The number of rotatable bonds is 6. The monoisotopic (exact) mass is 408 g/mol. The molecular weight excluding hydrogens is 394 g/mol. The normalized spacial score (nSPS) is 11.2. The molecule has 0 saturated heterocycles. The summed E-state index contributed by atoms with van der Waals surface area (Å²) in [5.41, 5.74) is -0.362. The van der Waals surface area contributed by atoms with Crippen LogP contribution in [-0.2, 0) is 14.8 Å². The van der Waals surface area contributed by atoms with Crippen LogP contribution in [0.5, 0.6) is 0 Å². The summed E-state index contributed by atoms with van der Waals surface area (Å²) >= 11 is 0.948. The number of sulfonamides is 1. The lowest BCUT2D eigenvalue weighted by molar-refractivity contribution is -0.114. The third-order valence-electron chi connectivity index (χ3n) is 3.60. The highest BCUT2D eigenvalue weighted by Crippen LogP contribution is 2.28. The highest BCUT2D eigenvalue weighted by atomic mass is 32.2. The number of nitrogens with zero attached hydrogens (tertiary/aromatic N) is 1. The Balaban J connectivity index is 1.95. The van der Waals surface area contributed by atoms with Crippen molar-refractivity contribution >= 4 is 38.6 Å². The summed E-state index contributed by atoms with van der Waals surface area (Å²) < 4.78 is 54.5. The number of amides is 1. The van der Waals surface area contributed by atoms with Gasteiger partial charge in [0.1, 0.15) is 22.4 Å². The minimum Gasteiger partial charge on any atom is -0.322 e. The number of nitrogens with one attached hydrogen (secondary N) is 1. The van der Waals surface area contributed by atoms with Gasteiger partial charge in [0.05, 0.1) is 11.4 Å². The Labute approximate surface area is 158 Å². The fourth-order valence-electron chi connectivity index (χ4n) is 2.36. The van der Waals surface area contributed by atoms with Crippen LogP contribution < -0.4 is 9.62 Å². The van der Waals surface area contributed by atoms with E-state index in [-0.39, 0.29) is 15.6 Å². The first kappa shape index (κ1) is 19.0. The van der Waals surface area contributed by atoms with E-state index in [4.69, 9.17) is 0 Å². The summed E-state index contributed by atoms with van der Waals surface area (Å²) in [6.45, 7) is -0.713. The van der Waals surface area contributed by atoms with Crippen LogP contribution in [0.3, 0.4) is 0 Å². The van der Waals surface area contributed by atoms with Crippen LogP contribution in [0.2, 0.25) is 0 Å². The molecule has 3 rings (SSSR count). The molecule has 0 bridgehead atoms. The van der Waals surface area contributed by atoms with Crippen molar-refractivity contribution in [1.29, 1.82) is 0 Å². The van der Waals surface area contributed by atoms with Gasteiger partial charge >= 0.3 is 0 Å². The van der Waals surface area contributed by atoms with E-state index in [9.17, 15) is 22.0 Å². The van der Waals surface area contributed by atoms with Gasteiger partial charge in [-0.05, 0) is 35.7 Å². The third kappa shape index (κ3) is 4.15. The molecule has 0 aliphatic carbocycles. The highest BCUT2D eigenvalue weighted by molar-refractivity contribution is 7.94. The third-order valence-corrected chi connectivity index (χ3v) is 6.73. The molecule has 140 valence electrons. The van der Waals surface area contributed by atoms with Gasteiger partial charge in [0.25, 0.3) is 10.0 Å². The maximum absolute atomic E-state index is 14.3. The van der Waals surface area contributed by atoms with Gasteiger partial charge < -0.3 is 5.32 Å². The number of anilines is 2. The van der Waals surface area contributed by atoms with Crippen molar-refractivity contribution < 1.29 is 22.0 Å². The van der Waals surface area contributed by atoms with Gasteiger partial charge in [-0.15, -0.1) is 11.3 Å². The zero-order chi connectivity index (χ0) is 19.4. The second kappa shape index (κ2) is 7.85. The topological polar surface area (TPSA) is 66.5 Å². The molecule has 5 nitrogen and oxygen atoms in total. The second-order valence-corrected chi connectivity index (χ2v) is 8.46. The smallest absolute Gasteiger partial charge is 0.274 e. The zero-order valence-electron chi connectivity index (χ0n) is 13.8. The van der Waals surface area contributed by atoms with Crippen LogP contribution in [-0.4, -0.2) is 20.9 Å². The van der Waals surface area contributed by atoms with Crippen molar-refractivity contribution in [2.45, 2.75) is 4.21 Å². The molecule has 1 N–H and O–H groups in total. The lowest BCUT2D eigenvalue weighted by atomic mass is 10.3. The Bertz CT molecular complexity index is 1050. The molecule has 0 fully saturated rings. The number of para-hydroxylation sites is 2. The number of thiophene rings is 1. The van der Waals surface area contributed by atoms with Crippen molar-refractivity contribution in [2.75, 3.05) is 16.2 Å². The van der Waals surface area contributed by atoms with Gasteiger partial charge in [-0.25, -0.2) is 17.2 Å². The molecular formula is C18H14F2N2O3S2. The molecule has 0 aliphatic rings. The summed E-state index contributed by atoms with van der Waals surface area (Å²) in [5, 5.41) is 3.87. The first-order valence-corrected chi connectivity index (χ1v) is 10.1. The van der Waals surface area contributed by atoms with Crippen LogP contribution in [0, 0.1) is 11.6 Å². The summed E-state index contributed by atoms with van der Waals surface area (Å²) in [7, 11) is -4.17. The zero-order valence-corrected chi connectivity index (χ0v) is 15.4. The minimum atomic E-state index is -4.17. The van der Waals surface area contributed by atoms with Crippen molar-refractivity contribution in [2.24, 2.45) is 0 Å². The van der Waals surface area contributed by atoms with Crippen molar-refractivity contribution in [1.82, 2.24) is 0 Å². The van der Waals surface area contributed by atoms with Gasteiger partial charge in [-0.2, -0.15) is 0 Å². The van der Waals surface area contributed by atoms with Gasteiger partial charge in [-0.3, -0.25) is 9.10 Å². The van der Waals surface area contributed by atoms with E-state index in [0.29, 0.717) is 4.31 Å². The number of halogens is 2. The van der Waals surface area contributed by atoms with Crippen LogP contribution in [0.4, 0.5) is 20.2 Å². The van der Waals surface area contributed by atoms with E-state index in [1.54, 1.807) is 5.38 Å².